The first-order valence-corrected chi connectivity index (χ1v) is 7.76. The zero-order chi connectivity index (χ0) is 14.4. The summed E-state index contributed by atoms with van der Waals surface area (Å²) in [4.78, 5) is 8.74. The van der Waals surface area contributed by atoms with Crippen molar-refractivity contribution in [3.8, 4) is 0 Å². The molecule has 0 aliphatic heterocycles. The first kappa shape index (κ1) is 15.4. The molecule has 1 aromatic rings. The molecule has 1 fully saturated rings. The second kappa shape index (κ2) is 7.14. The molecule has 0 bridgehead atoms. The largest absolute Gasteiger partial charge is 0.376 e. The first-order chi connectivity index (χ1) is 9.72. The monoisotopic (exact) mass is 277 g/mol. The molecule has 0 amide bonds. The van der Waals surface area contributed by atoms with Crippen LogP contribution < -0.4 is 5.32 Å². The highest BCUT2D eigenvalue weighted by Gasteiger charge is 2.42. The molecule has 0 spiro atoms. The molecule has 112 valence electrons. The Hall–Kier alpha value is -1.00. The Morgan fingerprint density at radius 2 is 2.15 bits per heavy atom. The molecule has 2 rings (SSSR count). The lowest BCUT2D eigenvalue weighted by Gasteiger charge is -2.44. The van der Waals surface area contributed by atoms with Gasteiger partial charge in [0, 0.05) is 19.5 Å². The SMILES string of the molecule is CCCNC(c1cnccn1)C1(OC)CCC(C)CC1. The molecular formula is C16H27N3O. The van der Waals surface area contributed by atoms with Crippen LogP contribution in [0.3, 0.4) is 0 Å². The standard InChI is InChI=1S/C16H27N3O/c1-4-9-19-15(14-12-17-10-11-18-14)16(20-3)7-5-13(2)6-8-16/h10-13,15,19H,4-9H2,1-3H3. The lowest BCUT2D eigenvalue weighted by atomic mass is 9.74. The average molecular weight is 277 g/mol. The van der Waals surface area contributed by atoms with Crippen molar-refractivity contribution in [1.29, 1.82) is 0 Å². The van der Waals surface area contributed by atoms with E-state index in [9.17, 15) is 0 Å². The quantitative estimate of drug-likeness (QED) is 0.868. The summed E-state index contributed by atoms with van der Waals surface area (Å²) in [6.45, 7) is 5.49. The van der Waals surface area contributed by atoms with Gasteiger partial charge in [-0.15, -0.1) is 0 Å². The molecule has 0 saturated heterocycles. The zero-order valence-electron chi connectivity index (χ0n) is 12.9. The van der Waals surface area contributed by atoms with Gasteiger partial charge >= 0.3 is 0 Å². The summed E-state index contributed by atoms with van der Waals surface area (Å²) in [6.07, 6.45) is 11.1. The summed E-state index contributed by atoms with van der Waals surface area (Å²) in [5, 5.41) is 3.63. The predicted molar refractivity (Wildman–Crippen MR) is 80.4 cm³/mol. The van der Waals surface area contributed by atoms with Gasteiger partial charge in [-0.05, 0) is 44.6 Å². The average Bonchev–Trinajstić information content (AvgIpc) is 2.51. The smallest absolute Gasteiger partial charge is 0.0888 e. The normalized spacial score (nSPS) is 28.2. The minimum absolute atomic E-state index is 0.133. The van der Waals surface area contributed by atoms with Gasteiger partial charge in [-0.1, -0.05) is 13.8 Å². The molecule has 1 saturated carbocycles. The van der Waals surface area contributed by atoms with Gasteiger partial charge in [0.15, 0.2) is 0 Å². The van der Waals surface area contributed by atoms with Crippen LogP contribution in [0, 0.1) is 5.92 Å². The van der Waals surface area contributed by atoms with Crippen molar-refractivity contribution in [1.82, 2.24) is 15.3 Å². The van der Waals surface area contributed by atoms with Gasteiger partial charge in [0.2, 0.25) is 0 Å². The molecule has 4 heteroatoms. The van der Waals surface area contributed by atoms with Crippen LogP contribution >= 0.6 is 0 Å². The summed E-state index contributed by atoms with van der Waals surface area (Å²) < 4.78 is 6.01. The molecule has 1 aliphatic carbocycles. The predicted octanol–water partition coefficient (Wildman–Crippen LogP) is 3.11. The van der Waals surface area contributed by atoms with E-state index in [1.165, 1.54) is 12.8 Å². The van der Waals surface area contributed by atoms with Crippen molar-refractivity contribution >= 4 is 0 Å². The Balaban J connectivity index is 2.24. The minimum atomic E-state index is -0.141. The van der Waals surface area contributed by atoms with E-state index in [0.717, 1.165) is 37.4 Å². The Morgan fingerprint density at radius 3 is 2.70 bits per heavy atom. The number of rotatable bonds is 6. The van der Waals surface area contributed by atoms with Crippen LogP contribution in [-0.4, -0.2) is 29.2 Å². The van der Waals surface area contributed by atoms with Gasteiger partial charge in [0.05, 0.1) is 23.5 Å². The van der Waals surface area contributed by atoms with E-state index >= 15 is 0 Å². The Kier molecular flexibility index (Phi) is 5.49. The topological polar surface area (TPSA) is 47.0 Å². The van der Waals surface area contributed by atoms with E-state index < -0.39 is 0 Å². The van der Waals surface area contributed by atoms with Crippen molar-refractivity contribution < 1.29 is 4.74 Å². The van der Waals surface area contributed by atoms with Gasteiger partial charge < -0.3 is 10.1 Å². The van der Waals surface area contributed by atoms with Crippen LogP contribution in [0.5, 0.6) is 0 Å². The number of methoxy groups -OCH3 is 1. The third kappa shape index (κ3) is 3.36. The zero-order valence-corrected chi connectivity index (χ0v) is 12.9. The van der Waals surface area contributed by atoms with Crippen LogP contribution in [0.25, 0.3) is 0 Å². The van der Waals surface area contributed by atoms with Crippen molar-refractivity contribution in [3.63, 3.8) is 0 Å². The van der Waals surface area contributed by atoms with Crippen LogP contribution in [-0.2, 0) is 4.74 Å². The summed E-state index contributed by atoms with van der Waals surface area (Å²) >= 11 is 0. The Morgan fingerprint density at radius 1 is 1.40 bits per heavy atom. The third-order valence-corrected chi connectivity index (χ3v) is 4.53. The van der Waals surface area contributed by atoms with Crippen molar-refractivity contribution in [2.24, 2.45) is 5.92 Å². The van der Waals surface area contributed by atoms with Crippen molar-refractivity contribution in [2.75, 3.05) is 13.7 Å². The highest BCUT2D eigenvalue weighted by atomic mass is 16.5. The number of nitrogens with zero attached hydrogens (tertiary/aromatic N) is 2. The molecule has 20 heavy (non-hydrogen) atoms. The van der Waals surface area contributed by atoms with E-state index in [-0.39, 0.29) is 11.6 Å². The summed E-state index contributed by atoms with van der Waals surface area (Å²) in [5.41, 5.74) is 0.856. The maximum absolute atomic E-state index is 6.01. The van der Waals surface area contributed by atoms with Gasteiger partial charge in [-0.25, -0.2) is 0 Å². The van der Waals surface area contributed by atoms with E-state index in [0.29, 0.717) is 0 Å². The molecule has 1 atom stereocenters. The fourth-order valence-corrected chi connectivity index (χ4v) is 3.17. The van der Waals surface area contributed by atoms with Gasteiger partial charge in [0.1, 0.15) is 0 Å². The lowest BCUT2D eigenvalue weighted by molar-refractivity contribution is -0.0770. The Bertz CT molecular complexity index is 388. The van der Waals surface area contributed by atoms with Gasteiger partial charge in [-0.2, -0.15) is 0 Å². The van der Waals surface area contributed by atoms with Gasteiger partial charge in [0.25, 0.3) is 0 Å². The van der Waals surface area contributed by atoms with Crippen molar-refractivity contribution in [2.45, 2.75) is 57.6 Å². The van der Waals surface area contributed by atoms with Crippen LogP contribution in [0.15, 0.2) is 18.6 Å². The van der Waals surface area contributed by atoms with E-state index in [1.54, 1.807) is 12.4 Å². The fraction of sp³-hybridized carbons (Fsp3) is 0.750. The number of hydrogen-bond donors (Lipinski definition) is 1. The second-order valence-corrected chi connectivity index (χ2v) is 5.97. The number of nitrogens with one attached hydrogen (secondary N) is 1. The van der Waals surface area contributed by atoms with E-state index in [2.05, 4.69) is 29.1 Å². The maximum Gasteiger partial charge on any atom is 0.0888 e. The number of hydrogen-bond acceptors (Lipinski definition) is 4. The molecule has 1 aliphatic rings. The third-order valence-electron chi connectivity index (χ3n) is 4.53. The second-order valence-electron chi connectivity index (χ2n) is 5.97. The van der Waals surface area contributed by atoms with Crippen LogP contribution in [0.1, 0.15) is 57.7 Å². The molecule has 1 aromatic heterocycles. The molecule has 0 aromatic carbocycles. The van der Waals surface area contributed by atoms with Crippen LogP contribution in [0.4, 0.5) is 0 Å². The Labute approximate surface area is 122 Å². The number of aromatic nitrogens is 2. The fourth-order valence-electron chi connectivity index (χ4n) is 3.17. The molecule has 0 radical (unpaired) electrons. The molecule has 1 unspecified atom stereocenters. The van der Waals surface area contributed by atoms with Crippen LogP contribution in [0.2, 0.25) is 0 Å². The van der Waals surface area contributed by atoms with Crippen molar-refractivity contribution in [3.05, 3.63) is 24.3 Å². The molecular weight excluding hydrogens is 250 g/mol. The van der Waals surface area contributed by atoms with E-state index in [4.69, 9.17) is 4.74 Å². The number of ether oxygens (including phenoxy) is 1. The molecule has 4 nitrogen and oxygen atoms in total. The lowest BCUT2D eigenvalue weighted by Crippen LogP contribution is -2.48. The molecule has 1 heterocycles. The van der Waals surface area contributed by atoms with Gasteiger partial charge in [-0.3, -0.25) is 9.97 Å². The summed E-state index contributed by atoms with van der Waals surface area (Å²) in [5.74, 6) is 0.798. The summed E-state index contributed by atoms with van der Waals surface area (Å²) in [6, 6.07) is 0.133. The van der Waals surface area contributed by atoms with E-state index in [1.807, 2.05) is 13.3 Å². The molecule has 1 N–H and O–H groups in total. The summed E-state index contributed by atoms with van der Waals surface area (Å²) in [7, 11) is 1.84. The highest BCUT2D eigenvalue weighted by Crippen LogP contribution is 2.42. The first-order valence-electron chi connectivity index (χ1n) is 7.76. The highest BCUT2D eigenvalue weighted by molar-refractivity contribution is 5.11. The minimum Gasteiger partial charge on any atom is -0.376 e. The maximum atomic E-state index is 6.01.